The van der Waals surface area contributed by atoms with Crippen LogP contribution in [0.3, 0.4) is 0 Å². The number of ether oxygens (including phenoxy) is 1. The van der Waals surface area contributed by atoms with Gasteiger partial charge in [-0.25, -0.2) is 0 Å². The van der Waals surface area contributed by atoms with Gasteiger partial charge in [-0.15, -0.1) is 6.58 Å². The van der Waals surface area contributed by atoms with Gasteiger partial charge in [0.05, 0.1) is 24.1 Å². The SMILES string of the molecule is C=CCC(CC(=O)NCCOc1cccc(C#N)c1)C(=O)O. The first-order chi connectivity index (χ1) is 10.6. The third kappa shape index (κ3) is 6.09. The van der Waals surface area contributed by atoms with Crippen molar-refractivity contribution in [1.29, 1.82) is 5.26 Å². The molecule has 1 rings (SSSR count). The monoisotopic (exact) mass is 302 g/mol. The number of carboxylic acids is 1. The summed E-state index contributed by atoms with van der Waals surface area (Å²) in [6.45, 7) is 3.97. The van der Waals surface area contributed by atoms with Gasteiger partial charge in [0.25, 0.3) is 0 Å². The highest BCUT2D eigenvalue weighted by atomic mass is 16.5. The number of carboxylic acid groups (broad SMARTS) is 1. The molecule has 1 aromatic rings. The molecule has 0 radical (unpaired) electrons. The number of hydrogen-bond acceptors (Lipinski definition) is 4. The normalized spacial score (nSPS) is 11.0. The van der Waals surface area contributed by atoms with E-state index in [0.29, 0.717) is 11.3 Å². The Balaban J connectivity index is 2.31. The first-order valence-electron chi connectivity index (χ1n) is 6.80. The molecule has 0 bridgehead atoms. The Morgan fingerprint density at radius 1 is 1.50 bits per heavy atom. The molecule has 6 nitrogen and oxygen atoms in total. The van der Waals surface area contributed by atoms with Gasteiger partial charge in [0.15, 0.2) is 0 Å². The van der Waals surface area contributed by atoms with Gasteiger partial charge < -0.3 is 15.2 Å². The second-order valence-electron chi connectivity index (χ2n) is 4.60. The van der Waals surface area contributed by atoms with E-state index < -0.39 is 11.9 Å². The lowest BCUT2D eigenvalue weighted by Gasteiger charge is -2.11. The average Bonchev–Trinajstić information content (AvgIpc) is 2.51. The second kappa shape index (κ2) is 9.19. The summed E-state index contributed by atoms with van der Waals surface area (Å²) >= 11 is 0. The molecule has 1 unspecified atom stereocenters. The van der Waals surface area contributed by atoms with Crippen molar-refractivity contribution in [2.45, 2.75) is 12.8 Å². The largest absolute Gasteiger partial charge is 0.492 e. The highest BCUT2D eigenvalue weighted by Crippen LogP contribution is 2.12. The van der Waals surface area contributed by atoms with Crippen molar-refractivity contribution in [2.75, 3.05) is 13.2 Å². The Bertz CT molecular complexity index is 578. The molecule has 2 N–H and O–H groups in total. The van der Waals surface area contributed by atoms with Gasteiger partial charge >= 0.3 is 5.97 Å². The molecular formula is C16H18N2O4. The summed E-state index contributed by atoms with van der Waals surface area (Å²) in [4.78, 5) is 22.6. The van der Waals surface area contributed by atoms with E-state index in [1.165, 1.54) is 6.08 Å². The predicted octanol–water partition coefficient (Wildman–Crippen LogP) is 1.72. The average molecular weight is 302 g/mol. The summed E-state index contributed by atoms with van der Waals surface area (Å²) in [7, 11) is 0. The van der Waals surface area contributed by atoms with Crippen LogP contribution >= 0.6 is 0 Å². The summed E-state index contributed by atoms with van der Waals surface area (Å²) in [6, 6.07) is 8.70. The summed E-state index contributed by atoms with van der Waals surface area (Å²) < 4.78 is 5.40. The van der Waals surface area contributed by atoms with Crippen molar-refractivity contribution in [3.05, 3.63) is 42.5 Å². The minimum Gasteiger partial charge on any atom is -0.492 e. The molecule has 1 aromatic carbocycles. The van der Waals surface area contributed by atoms with Gasteiger partial charge in [-0.2, -0.15) is 5.26 Å². The molecule has 6 heteroatoms. The zero-order valence-electron chi connectivity index (χ0n) is 12.1. The maximum absolute atomic E-state index is 11.6. The first-order valence-corrected chi connectivity index (χ1v) is 6.80. The van der Waals surface area contributed by atoms with E-state index in [9.17, 15) is 9.59 Å². The van der Waals surface area contributed by atoms with E-state index >= 15 is 0 Å². The van der Waals surface area contributed by atoms with Crippen LogP contribution in [-0.2, 0) is 9.59 Å². The highest BCUT2D eigenvalue weighted by Gasteiger charge is 2.19. The fraction of sp³-hybridized carbons (Fsp3) is 0.312. The highest BCUT2D eigenvalue weighted by molar-refractivity contribution is 5.82. The van der Waals surface area contributed by atoms with Crippen LogP contribution < -0.4 is 10.1 Å². The smallest absolute Gasteiger partial charge is 0.307 e. The lowest BCUT2D eigenvalue weighted by molar-refractivity contribution is -0.143. The van der Waals surface area contributed by atoms with Crippen LogP contribution in [0.5, 0.6) is 5.75 Å². The minimum atomic E-state index is -1.01. The minimum absolute atomic E-state index is 0.0920. The standard InChI is InChI=1S/C16H18N2O4/c1-2-4-13(16(20)21)10-15(19)18-7-8-22-14-6-3-5-12(9-14)11-17/h2-3,5-6,9,13H,1,4,7-8,10H2,(H,18,19)(H,20,21). The number of hydrogen-bond donors (Lipinski definition) is 2. The second-order valence-corrected chi connectivity index (χ2v) is 4.60. The van der Waals surface area contributed by atoms with Crippen molar-refractivity contribution in [1.82, 2.24) is 5.32 Å². The van der Waals surface area contributed by atoms with Crippen molar-refractivity contribution >= 4 is 11.9 Å². The van der Waals surface area contributed by atoms with Crippen LogP contribution in [0.2, 0.25) is 0 Å². The molecule has 0 aliphatic heterocycles. The van der Waals surface area contributed by atoms with Crippen LogP contribution in [0.4, 0.5) is 0 Å². The van der Waals surface area contributed by atoms with E-state index in [2.05, 4.69) is 11.9 Å². The van der Waals surface area contributed by atoms with Gasteiger partial charge in [-0.05, 0) is 24.6 Å². The van der Waals surface area contributed by atoms with Crippen LogP contribution in [0, 0.1) is 17.2 Å². The summed E-state index contributed by atoms with van der Waals surface area (Å²) in [5.41, 5.74) is 0.496. The zero-order valence-corrected chi connectivity index (χ0v) is 12.1. The topological polar surface area (TPSA) is 99.4 Å². The molecule has 0 saturated carbocycles. The van der Waals surface area contributed by atoms with Crippen molar-refractivity contribution < 1.29 is 19.4 Å². The number of benzene rings is 1. The fourth-order valence-electron chi connectivity index (χ4n) is 1.78. The van der Waals surface area contributed by atoms with Crippen LogP contribution in [0.15, 0.2) is 36.9 Å². The Hall–Kier alpha value is -2.81. The summed E-state index contributed by atoms with van der Waals surface area (Å²) in [6.07, 6.45) is 1.64. The molecule has 0 fully saturated rings. The van der Waals surface area contributed by atoms with Crippen molar-refractivity contribution in [3.63, 3.8) is 0 Å². The number of nitriles is 1. The number of nitrogens with zero attached hydrogens (tertiary/aromatic N) is 1. The molecule has 116 valence electrons. The summed E-state index contributed by atoms with van der Waals surface area (Å²) in [5, 5.41) is 20.3. The molecular weight excluding hydrogens is 284 g/mol. The third-order valence-corrected chi connectivity index (χ3v) is 2.89. The molecule has 0 saturated heterocycles. The number of carbonyl (C=O) groups excluding carboxylic acids is 1. The maximum Gasteiger partial charge on any atom is 0.307 e. The number of aliphatic carboxylic acids is 1. The Kier molecular flexibility index (Phi) is 7.20. The Morgan fingerprint density at radius 3 is 2.91 bits per heavy atom. The maximum atomic E-state index is 11.6. The van der Waals surface area contributed by atoms with Crippen LogP contribution in [0.25, 0.3) is 0 Å². The van der Waals surface area contributed by atoms with Crippen molar-refractivity contribution in [2.24, 2.45) is 5.92 Å². The quantitative estimate of drug-likeness (QED) is 0.534. The molecule has 0 aromatic heterocycles. The van der Waals surface area contributed by atoms with E-state index in [4.69, 9.17) is 15.1 Å². The molecule has 1 amide bonds. The number of carbonyl (C=O) groups is 2. The van der Waals surface area contributed by atoms with Gasteiger partial charge in [0, 0.05) is 6.42 Å². The van der Waals surface area contributed by atoms with E-state index in [-0.39, 0.29) is 31.9 Å². The Morgan fingerprint density at radius 2 is 2.27 bits per heavy atom. The van der Waals surface area contributed by atoms with Gasteiger partial charge in [-0.1, -0.05) is 12.1 Å². The summed E-state index contributed by atoms with van der Waals surface area (Å²) in [5.74, 6) is -1.57. The number of allylic oxidation sites excluding steroid dienone is 1. The van der Waals surface area contributed by atoms with Crippen LogP contribution in [-0.4, -0.2) is 30.1 Å². The number of rotatable bonds is 9. The van der Waals surface area contributed by atoms with E-state index in [1.54, 1.807) is 24.3 Å². The van der Waals surface area contributed by atoms with Gasteiger partial charge in [0.1, 0.15) is 12.4 Å². The number of nitrogens with one attached hydrogen (secondary N) is 1. The van der Waals surface area contributed by atoms with Gasteiger partial charge in [0.2, 0.25) is 5.91 Å². The number of amides is 1. The molecule has 0 aliphatic carbocycles. The molecule has 0 spiro atoms. The fourth-order valence-corrected chi connectivity index (χ4v) is 1.78. The van der Waals surface area contributed by atoms with Crippen LogP contribution in [0.1, 0.15) is 18.4 Å². The third-order valence-electron chi connectivity index (χ3n) is 2.89. The zero-order chi connectivity index (χ0) is 16.4. The molecule has 0 heterocycles. The van der Waals surface area contributed by atoms with Gasteiger partial charge in [-0.3, -0.25) is 9.59 Å². The molecule has 22 heavy (non-hydrogen) atoms. The predicted molar refractivity (Wildman–Crippen MR) is 80.2 cm³/mol. The molecule has 1 atom stereocenters. The van der Waals surface area contributed by atoms with Crippen molar-refractivity contribution in [3.8, 4) is 11.8 Å². The molecule has 0 aliphatic rings. The van der Waals surface area contributed by atoms with E-state index in [1.807, 2.05) is 6.07 Å². The lowest BCUT2D eigenvalue weighted by atomic mass is 10.0. The van der Waals surface area contributed by atoms with E-state index in [0.717, 1.165) is 0 Å². The first kappa shape index (κ1) is 17.2. The lowest BCUT2D eigenvalue weighted by Crippen LogP contribution is -2.31. The Labute approximate surface area is 129 Å².